The van der Waals surface area contributed by atoms with Gasteiger partial charge in [0.05, 0.1) is 30.1 Å². The molecule has 9 nitrogen and oxygen atoms in total. The molecule has 1 saturated heterocycles. The average Bonchev–Trinajstić information content (AvgIpc) is 2.66. The molecule has 1 aliphatic heterocycles. The highest BCUT2D eigenvalue weighted by Gasteiger charge is 2.30. The number of nitro groups is 1. The zero-order chi connectivity index (χ0) is 19.3. The maximum Gasteiger partial charge on any atom is 0.338 e. The highest BCUT2D eigenvalue weighted by Crippen LogP contribution is 2.23. The molecule has 0 aliphatic carbocycles. The summed E-state index contributed by atoms with van der Waals surface area (Å²) in [5.41, 5.74) is -0.455. The van der Waals surface area contributed by atoms with Crippen LogP contribution in [0.25, 0.3) is 0 Å². The lowest BCUT2D eigenvalue weighted by molar-refractivity contribution is -0.384. The molecule has 2 rings (SSSR count). The van der Waals surface area contributed by atoms with Gasteiger partial charge < -0.3 is 14.4 Å². The van der Waals surface area contributed by atoms with Gasteiger partial charge in [-0.15, -0.1) is 0 Å². The van der Waals surface area contributed by atoms with E-state index in [0.717, 1.165) is 19.2 Å². The molecule has 0 unspecified atom stereocenters. The van der Waals surface area contributed by atoms with E-state index in [-0.39, 0.29) is 35.9 Å². The second kappa shape index (κ2) is 8.41. The predicted molar refractivity (Wildman–Crippen MR) is 89.7 cm³/mol. The van der Waals surface area contributed by atoms with E-state index in [0.29, 0.717) is 19.4 Å². The Morgan fingerprint density at radius 1 is 1.27 bits per heavy atom. The Labute approximate surface area is 150 Å². The number of non-ortho nitro benzene ring substituents is 1. The van der Waals surface area contributed by atoms with Crippen molar-refractivity contribution in [3.05, 3.63) is 39.4 Å². The molecule has 1 atom stereocenters. The summed E-state index contributed by atoms with van der Waals surface area (Å²) >= 11 is 0. The van der Waals surface area contributed by atoms with Gasteiger partial charge in [0.25, 0.3) is 11.6 Å². The van der Waals surface area contributed by atoms with E-state index in [1.165, 1.54) is 11.0 Å². The highest BCUT2D eigenvalue weighted by atomic mass is 16.6. The number of carbonyl (C=O) groups is 3. The van der Waals surface area contributed by atoms with Crippen LogP contribution in [0.3, 0.4) is 0 Å². The normalized spacial score (nSPS) is 16.7. The summed E-state index contributed by atoms with van der Waals surface area (Å²) in [5.74, 6) is -2.04. The third-order valence-corrected chi connectivity index (χ3v) is 4.13. The number of methoxy groups -OCH3 is 1. The van der Waals surface area contributed by atoms with Crippen LogP contribution in [-0.4, -0.2) is 54.5 Å². The standard InChI is InChI=1S/C17H20N2O7/c1-3-26-17(22)11-5-4-6-18(10-11)15(20)12-7-13(16(21)25-2)9-14(8-12)19(23)24/h7-9,11H,3-6,10H2,1-2H3/t11-/m1/s1. The molecule has 140 valence electrons. The molecule has 0 radical (unpaired) electrons. The Bertz CT molecular complexity index is 732. The Kier molecular flexibility index (Phi) is 6.26. The van der Waals surface area contributed by atoms with Crippen molar-refractivity contribution in [1.29, 1.82) is 0 Å². The zero-order valence-corrected chi connectivity index (χ0v) is 14.6. The number of ether oxygens (including phenoxy) is 2. The molecule has 1 fully saturated rings. The fraction of sp³-hybridized carbons (Fsp3) is 0.471. The quantitative estimate of drug-likeness (QED) is 0.444. The Balaban J connectivity index is 2.27. The van der Waals surface area contributed by atoms with Gasteiger partial charge in [-0.2, -0.15) is 0 Å². The predicted octanol–water partition coefficient (Wildman–Crippen LogP) is 1.80. The van der Waals surface area contributed by atoms with E-state index in [9.17, 15) is 24.5 Å². The molecule has 1 amide bonds. The van der Waals surface area contributed by atoms with Crippen molar-refractivity contribution >= 4 is 23.5 Å². The maximum atomic E-state index is 12.8. The number of hydrogen-bond donors (Lipinski definition) is 0. The molecule has 1 heterocycles. The summed E-state index contributed by atoms with van der Waals surface area (Å²) in [6.07, 6.45) is 1.24. The van der Waals surface area contributed by atoms with Gasteiger partial charge in [0, 0.05) is 30.8 Å². The summed E-state index contributed by atoms with van der Waals surface area (Å²) in [5, 5.41) is 11.1. The number of nitro benzene ring substituents is 1. The minimum absolute atomic E-state index is 0.00380. The first-order valence-electron chi connectivity index (χ1n) is 8.21. The lowest BCUT2D eigenvalue weighted by Gasteiger charge is -2.31. The van der Waals surface area contributed by atoms with Crippen LogP contribution in [0.5, 0.6) is 0 Å². The van der Waals surface area contributed by atoms with Gasteiger partial charge in [-0.1, -0.05) is 0 Å². The van der Waals surface area contributed by atoms with Gasteiger partial charge in [0.1, 0.15) is 0 Å². The minimum atomic E-state index is -0.772. The Morgan fingerprint density at radius 3 is 2.58 bits per heavy atom. The van der Waals surface area contributed by atoms with E-state index in [4.69, 9.17) is 4.74 Å². The van der Waals surface area contributed by atoms with Crippen LogP contribution < -0.4 is 0 Å². The molecule has 0 saturated carbocycles. The number of piperidine rings is 1. The molecular formula is C17H20N2O7. The van der Waals surface area contributed by atoms with Crippen LogP contribution in [0, 0.1) is 16.0 Å². The molecule has 1 aromatic rings. The first kappa shape index (κ1) is 19.4. The van der Waals surface area contributed by atoms with Crippen LogP contribution in [0.1, 0.15) is 40.5 Å². The minimum Gasteiger partial charge on any atom is -0.466 e. The fourth-order valence-electron chi connectivity index (χ4n) is 2.87. The summed E-state index contributed by atoms with van der Waals surface area (Å²) < 4.78 is 9.58. The fourth-order valence-corrected chi connectivity index (χ4v) is 2.87. The number of amides is 1. The SMILES string of the molecule is CCOC(=O)[C@@H]1CCCN(C(=O)c2cc(C(=O)OC)cc([N+](=O)[O-])c2)C1. The molecule has 1 aliphatic rings. The van der Waals surface area contributed by atoms with Gasteiger partial charge in [0.2, 0.25) is 0 Å². The van der Waals surface area contributed by atoms with Crippen molar-refractivity contribution < 1.29 is 28.8 Å². The van der Waals surface area contributed by atoms with Crippen molar-refractivity contribution in [2.24, 2.45) is 5.92 Å². The second-order valence-corrected chi connectivity index (χ2v) is 5.86. The van der Waals surface area contributed by atoms with Crippen molar-refractivity contribution in [1.82, 2.24) is 4.90 Å². The molecular weight excluding hydrogens is 344 g/mol. The Morgan fingerprint density at radius 2 is 1.96 bits per heavy atom. The van der Waals surface area contributed by atoms with Crippen molar-refractivity contribution in [3.8, 4) is 0 Å². The average molecular weight is 364 g/mol. The van der Waals surface area contributed by atoms with Gasteiger partial charge in [-0.25, -0.2) is 4.79 Å². The van der Waals surface area contributed by atoms with Gasteiger partial charge in [-0.3, -0.25) is 19.7 Å². The zero-order valence-electron chi connectivity index (χ0n) is 14.6. The number of esters is 2. The van der Waals surface area contributed by atoms with E-state index < -0.39 is 22.7 Å². The molecule has 0 bridgehead atoms. The maximum absolute atomic E-state index is 12.8. The van der Waals surface area contributed by atoms with Crippen LogP contribution in [-0.2, 0) is 14.3 Å². The number of likely N-dealkylation sites (tertiary alicyclic amines) is 1. The monoisotopic (exact) mass is 364 g/mol. The van der Waals surface area contributed by atoms with Crippen molar-refractivity contribution in [2.75, 3.05) is 26.8 Å². The van der Waals surface area contributed by atoms with Crippen LogP contribution in [0.2, 0.25) is 0 Å². The molecule has 0 spiro atoms. The number of benzene rings is 1. The molecule has 1 aromatic carbocycles. The lowest BCUT2D eigenvalue weighted by Crippen LogP contribution is -2.42. The van der Waals surface area contributed by atoms with Gasteiger partial charge >= 0.3 is 11.9 Å². The molecule has 26 heavy (non-hydrogen) atoms. The van der Waals surface area contributed by atoms with Gasteiger partial charge in [-0.05, 0) is 25.8 Å². The number of rotatable bonds is 5. The smallest absolute Gasteiger partial charge is 0.338 e. The molecule has 0 N–H and O–H groups in total. The first-order chi connectivity index (χ1) is 12.4. The molecule has 9 heteroatoms. The topological polar surface area (TPSA) is 116 Å². The molecule has 0 aromatic heterocycles. The van der Waals surface area contributed by atoms with Crippen LogP contribution in [0.4, 0.5) is 5.69 Å². The van der Waals surface area contributed by atoms with Gasteiger partial charge in [0.15, 0.2) is 0 Å². The first-order valence-corrected chi connectivity index (χ1v) is 8.21. The van der Waals surface area contributed by atoms with E-state index in [1.807, 2.05) is 0 Å². The van der Waals surface area contributed by atoms with E-state index in [1.54, 1.807) is 6.92 Å². The summed E-state index contributed by atoms with van der Waals surface area (Å²) in [6, 6.07) is 3.43. The third-order valence-electron chi connectivity index (χ3n) is 4.13. The summed E-state index contributed by atoms with van der Waals surface area (Å²) in [7, 11) is 1.15. The third kappa shape index (κ3) is 4.35. The number of carbonyl (C=O) groups excluding carboxylic acids is 3. The van der Waals surface area contributed by atoms with Crippen LogP contribution in [0.15, 0.2) is 18.2 Å². The number of hydrogen-bond acceptors (Lipinski definition) is 7. The summed E-state index contributed by atoms with van der Waals surface area (Å²) in [4.78, 5) is 48.3. The van der Waals surface area contributed by atoms with E-state index >= 15 is 0 Å². The lowest BCUT2D eigenvalue weighted by atomic mass is 9.97. The second-order valence-electron chi connectivity index (χ2n) is 5.86. The van der Waals surface area contributed by atoms with E-state index in [2.05, 4.69) is 4.74 Å². The Hall–Kier alpha value is -2.97. The van der Waals surface area contributed by atoms with Crippen LogP contribution >= 0.6 is 0 Å². The highest BCUT2D eigenvalue weighted by molar-refractivity contribution is 5.99. The van der Waals surface area contributed by atoms with Crippen molar-refractivity contribution in [2.45, 2.75) is 19.8 Å². The van der Waals surface area contributed by atoms with Crippen molar-refractivity contribution in [3.63, 3.8) is 0 Å². The largest absolute Gasteiger partial charge is 0.466 e. The summed E-state index contributed by atoms with van der Waals surface area (Å²) in [6.45, 7) is 2.57. The number of nitrogens with zero attached hydrogens (tertiary/aromatic N) is 2.